The zero-order valence-corrected chi connectivity index (χ0v) is 16.4. The van der Waals surface area contributed by atoms with E-state index < -0.39 is 10.0 Å². The Morgan fingerprint density at radius 2 is 1.84 bits per heavy atom. The third-order valence-corrected chi connectivity index (χ3v) is 6.18. The van der Waals surface area contributed by atoms with Gasteiger partial charge in [-0.05, 0) is 58.2 Å². The monoisotopic (exact) mass is 368 g/mol. The first kappa shape index (κ1) is 19.7. The van der Waals surface area contributed by atoms with E-state index in [-0.39, 0.29) is 22.3 Å². The number of amides is 1. The van der Waals surface area contributed by atoms with Crippen molar-refractivity contribution in [1.29, 1.82) is 0 Å². The highest BCUT2D eigenvalue weighted by molar-refractivity contribution is 7.89. The van der Waals surface area contributed by atoms with Crippen LogP contribution in [0.2, 0.25) is 0 Å². The lowest BCUT2D eigenvalue weighted by Crippen LogP contribution is -2.47. The predicted octanol–water partition coefficient (Wildman–Crippen LogP) is 2.32. The fraction of sp³-hybridized carbons (Fsp3) is 0.611. The highest BCUT2D eigenvalue weighted by atomic mass is 32.2. The number of ether oxygens (including phenoxy) is 1. The molecular weight excluding hydrogens is 340 g/mol. The minimum Gasteiger partial charge on any atom is -0.495 e. The number of carbonyl (C=O) groups is 1. The molecule has 1 fully saturated rings. The van der Waals surface area contributed by atoms with Crippen LogP contribution in [0, 0.1) is 12.8 Å². The molecule has 1 saturated heterocycles. The second kappa shape index (κ2) is 7.33. The Balaban J connectivity index is 2.12. The Bertz CT molecular complexity index is 730. The van der Waals surface area contributed by atoms with Crippen LogP contribution in [0.4, 0.5) is 0 Å². The van der Waals surface area contributed by atoms with Crippen LogP contribution in [0.3, 0.4) is 0 Å². The second-order valence-electron chi connectivity index (χ2n) is 7.57. The maximum atomic E-state index is 13.0. The summed E-state index contributed by atoms with van der Waals surface area (Å²) in [5.74, 6) is 0.195. The molecule has 0 aliphatic carbocycles. The lowest BCUT2D eigenvalue weighted by molar-refractivity contribution is -0.127. The van der Waals surface area contributed by atoms with Crippen LogP contribution in [-0.2, 0) is 14.8 Å². The van der Waals surface area contributed by atoms with Crippen molar-refractivity contribution in [3.05, 3.63) is 23.8 Å². The number of aryl methyl sites for hydroxylation is 1. The number of methoxy groups -OCH3 is 1. The van der Waals surface area contributed by atoms with Crippen LogP contribution in [0.25, 0.3) is 0 Å². The first-order valence-electron chi connectivity index (χ1n) is 8.51. The summed E-state index contributed by atoms with van der Waals surface area (Å²) in [4.78, 5) is 12.5. The molecule has 0 bridgehead atoms. The molecule has 0 aromatic heterocycles. The number of nitrogens with one attached hydrogen (secondary N) is 1. The smallest absolute Gasteiger partial charge is 0.246 e. The maximum Gasteiger partial charge on any atom is 0.246 e. The molecule has 0 spiro atoms. The van der Waals surface area contributed by atoms with Crippen molar-refractivity contribution in [3.8, 4) is 5.75 Å². The predicted molar refractivity (Wildman–Crippen MR) is 97.1 cm³/mol. The van der Waals surface area contributed by atoms with Crippen molar-refractivity contribution < 1.29 is 17.9 Å². The Labute approximate surface area is 150 Å². The largest absolute Gasteiger partial charge is 0.495 e. The summed E-state index contributed by atoms with van der Waals surface area (Å²) in [7, 11) is -2.17. The molecule has 0 saturated carbocycles. The fourth-order valence-electron chi connectivity index (χ4n) is 2.95. The van der Waals surface area contributed by atoms with Gasteiger partial charge in [-0.25, -0.2) is 8.42 Å². The van der Waals surface area contributed by atoms with Gasteiger partial charge in [-0.1, -0.05) is 6.07 Å². The third kappa shape index (κ3) is 4.73. The zero-order chi connectivity index (χ0) is 18.8. The minimum atomic E-state index is -3.63. The number of hydrogen-bond donors (Lipinski definition) is 1. The van der Waals surface area contributed by atoms with Crippen molar-refractivity contribution in [1.82, 2.24) is 9.62 Å². The van der Waals surface area contributed by atoms with Gasteiger partial charge < -0.3 is 10.1 Å². The van der Waals surface area contributed by atoms with Crippen molar-refractivity contribution >= 4 is 15.9 Å². The van der Waals surface area contributed by atoms with Crippen LogP contribution in [0.15, 0.2) is 23.1 Å². The molecular formula is C18H28N2O4S. The average molecular weight is 368 g/mol. The average Bonchev–Trinajstić information content (AvgIpc) is 2.53. The molecule has 1 aromatic rings. The molecule has 25 heavy (non-hydrogen) atoms. The fourth-order valence-corrected chi connectivity index (χ4v) is 4.66. The van der Waals surface area contributed by atoms with Crippen LogP contribution < -0.4 is 10.1 Å². The molecule has 140 valence electrons. The molecule has 7 heteroatoms. The van der Waals surface area contributed by atoms with Gasteiger partial charge in [-0.2, -0.15) is 4.31 Å². The van der Waals surface area contributed by atoms with Crippen LogP contribution >= 0.6 is 0 Å². The molecule has 2 rings (SSSR count). The van der Waals surface area contributed by atoms with Gasteiger partial charge in [0.05, 0.1) is 7.11 Å². The van der Waals surface area contributed by atoms with E-state index in [4.69, 9.17) is 4.74 Å². The normalized spacial score (nSPS) is 17.3. The number of piperidine rings is 1. The van der Waals surface area contributed by atoms with E-state index in [0.29, 0.717) is 31.7 Å². The van der Waals surface area contributed by atoms with Crippen molar-refractivity contribution in [3.63, 3.8) is 0 Å². The maximum absolute atomic E-state index is 13.0. The van der Waals surface area contributed by atoms with Crippen LogP contribution in [-0.4, -0.2) is 44.4 Å². The number of benzene rings is 1. The van der Waals surface area contributed by atoms with Crippen LogP contribution in [0.1, 0.15) is 39.2 Å². The van der Waals surface area contributed by atoms with Gasteiger partial charge >= 0.3 is 0 Å². The minimum absolute atomic E-state index is 0.00214. The number of sulfonamides is 1. The summed E-state index contributed by atoms with van der Waals surface area (Å²) in [6, 6.07) is 5.12. The van der Waals surface area contributed by atoms with Gasteiger partial charge in [0.15, 0.2) is 0 Å². The highest BCUT2D eigenvalue weighted by Crippen LogP contribution is 2.30. The summed E-state index contributed by atoms with van der Waals surface area (Å²) >= 11 is 0. The van der Waals surface area contributed by atoms with E-state index in [9.17, 15) is 13.2 Å². The molecule has 1 aliphatic heterocycles. The molecule has 0 atom stereocenters. The van der Waals surface area contributed by atoms with Gasteiger partial charge in [0.2, 0.25) is 15.9 Å². The third-order valence-electron chi connectivity index (χ3n) is 4.26. The number of nitrogens with zero attached hydrogens (tertiary/aromatic N) is 1. The Hall–Kier alpha value is -1.60. The summed E-state index contributed by atoms with van der Waals surface area (Å²) < 4.78 is 32.6. The summed E-state index contributed by atoms with van der Waals surface area (Å²) in [6.07, 6.45) is 1.05. The lowest BCUT2D eigenvalue weighted by Gasteiger charge is -2.32. The standard InChI is InChI=1S/C18H28N2O4S/c1-13-6-7-15(24-5)16(12-13)25(22,23)20-10-8-14(9-11-20)17(21)19-18(2,3)4/h6-7,12,14H,8-11H2,1-5H3,(H,19,21). The molecule has 1 amide bonds. The van der Waals surface area contributed by atoms with Crippen molar-refractivity contribution in [2.45, 2.75) is 51.0 Å². The summed E-state index contributed by atoms with van der Waals surface area (Å²) in [5.41, 5.74) is 0.578. The first-order chi connectivity index (χ1) is 11.5. The number of rotatable bonds is 4. The number of carbonyl (C=O) groups excluding carboxylic acids is 1. The molecule has 6 nitrogen and oxygen atoms in total. The van der Waals surface area contributed by atoms with E-state index in [1.165, 1.54) is 11.4 Å². The van der Waals surface area contributed by atoms with E-state index in [2.05, 4.69) is 5.32 Å². The van der Waals surface area contributed by atoms with E-state index in [1.807, 2.05) is 33.8 Å². The number of hydrogen-bond acceptors (Lipinski definition) is 4. The van der Waals surface area contributed by atoms with E-state index in [0.717, 1.165) is 5.56 Å². The Kier molecular flexibility index (Phi) is 5.79. The zero-order valence-electron chi connectivity index (χ0n) is 15.6. The summed E-state index contributed by atoms with van der Waals surface area (Å²) in [6.45, 7) is 8.34. The molecule has 1 heterocycles. The SMILES string of the molecule is COc1ccc(C)cc1S(=O)(=O)N1CCC(C(=O)NC(C)(C)C)CC1. The van der Waals surface area contributed by atoms with E-state index >= 15 is 0 Å². The Morgan fingerprint density at radius 1 is 1.24 bits per heavy atom. The molecule has 1 aromatic carbocycles. The molecule has 0 radical (unpaired) electrons. The molecule has 0 unspecified atom stereocenters. The van der Waals surface area contributed by atoms with Crippen LogP contribution in [0.5, 0.6) is 5.75 Å². The van der Waals surface area contributed by atoms with Gasteiger partial charge in [-0.3, -0.25) is 4.79 Å². The van der Waals surface area contributed by atoms with Gasteiger partial charge in [0.1, 0.15) is 10.6 Å². The molecule has 1 N–H and O–H groups in total. The quantitative estimate of drug-likeness (QED) is 0.885. The molecule has 1 aliphatic rings. The van der Waals surface area contributed by atoms with E-state index in [1.54, 1.807) is 12.1 Å². The van der Waals surface area contributed by atoms with Gasteiger partial charge in [-0.15, -0.1) is 0 Å². The Morgan fingerprint density at radius 3 is 2.36 bits per heavy atom. The van der Waals surface area contributed by atoms with Crippen molar-refractivity contribution in [2.24, 2.45) is 5.92 Å². The van der Waals surface area contributed by atoms with Gasteiger partial charge in [0.25, 0.3) is 0 Å². The van der Waals surface area contributed by atoms with Gasteiger partial charge in [0, 0.05) is 24.5 Å². The topological polar surface area (TPSA) is 75.7 Å². The highest BCUT2D eigenvalue weighted by Gasteiger charge is 2.34. The lowest BCUT2D eigenvalue weighted by atomic mass is 9.96. The van der Waals surface area contributed by atoms with Crippen molar-refractivity contribution in [2.75, 3.05) is 20.2 Å². The summed E-state index contributed by atoms with van der Waals surface area (Å²) in [5, 5.41) is 2.97. The second-order valence-corrected chi connectivity index (χ2v) is 9.48. The first-order valence-corrected chi connectivity index (χ1v) is 9.95.